The number of rotatable bonds is 8. The third-order valence-corrected chi connectivity index (χ3v) is 1.88. The van der Waals surface area contributed by atoms with Gasteiger partial charge in [0.2, 0.25) is 0 Å². The minimum absolute atomic E-state index is 0.924. The van der Waals surface area contributed by atoms with Crippen LogP contribution in [-0.4, -0.2) is 69.9 Å². The zero-order valence-corrected chi connectivity index (χ0v) is 8.66. The predicted molar refractivity (Wildman–Crippen MR) is 47.6 cm³/mol. The fourth-order valence-corrected chi connectivity index (χ4v) is 1.47. The molecule has 0 aromatic carbocycles. The standard InChI is InChI=1S/C8H11NO8/c10-5(11)1-9(2-6(12)13,3-7(14)15)4-8(16)17/h1-4H2,(H3-,10,11,12,13,14,15,16,17). The lowest BCUT2D eigenvalue weighted by Crippen LogP contribution is -2.60. The number of carbonyl (C=O) groups is 4. The topological polar surface area (TPSA) is 152 Å². The van der Waals surface area contributed by atoms with Gasteiger partial charge < -0.3 is 25.2 Å². The van der Waals surface area contributed by atoms with E-state index in [0.29, 0.717) is 0 Å². The second-order valence-corrected chi connectivity index (χ2v) is 3.53. The van der Waals surface area contributed by atoms with E-state index in [1.54, 1.807) is 0 Å². The Labute approximate surface area is 95.1 Å². The maximum Gasteiger partial charge on any atom is 0.359 e. The van der Waals surface area contributed by atoms with Crippen molar-refractivity contribution >= 4 is 23.9 Å². The van der Waals surface area contributed by atoms with E-state index < -0.39 is 54.5 Å². The van der Waals surface area contributed by atoms with E-state index in [9.17, 15) is 24.3 Å². The van der Waals surface area contributed by atoms with Gasteiger partial charge in [0.05, 0.1) is 5.97 Å². The van der Waals surface area contributed by atoms with Gasteiger partial charge in [-0.3, -0.25) is 4.48 Å². The molecule has 0 saturated carbocycles. The summed E-state index contributed by atoms with van der Waals surface area (Å²) < 4.78 is -1.14. The van der Waals surface area contributed by atoms with Gasteiger partial charge in [-0.25, -0.2) is 14.4 Å². The second kappa shape index (κ2) is 5.80. The first-order chi connectivity index (χ1) is 7.67. The minimum Gasteiger partial charge on any atom is -0.544 e. The molecule has 0 aliphatic carbocycles. The van der Waals surface area contributed by atoms with Gasteiger partial charge in [-0.1, -0.05) is 0 Å². The summed E-state index contributed by atoms with van der Waals surface area (Å²) in [6.07, 6.45) is 0. The van der Waals surface area contributed by atoms with Crippen LogP contribution >= 0.6 is 0 Å². The van der Waals surface area contributed by atoms with Crippen LogP contribution in [0.4, 0.5) is 0 Å². The second-order valence-electron chi connectivity index (χ2n) is 3.53. The van der Waals surface area contributed by atoms with E-state index in [1.807, 2.05) is 0 Å². The van der Waals surface area contributed by atoms with E-state index >= 15 is 0 Å². The van der Waals surface area contributed by atoms with Crippen molar-refractivity contribution in [1.29, 1.82) is 0 Å². The Morgan fingerprint density at radius 3 is 1.24 bits per heavy atom. The van der Waals surface area contributed by atoms with Gasteiger partial charge >= 0.3 is 17.9 Å². The average molecular weight is 249 g/mol. The Balaban J connectivity index is 5.16. The van der Waals surface area contributed by atoms with Crippen LogP contribution in [0.25, 0.3) is 0 Å². The molecule has 3 N–H and O–H groups in total. The minimum atomic E-state index is -1.71. The molecule has 0 rings (SSSR count). The Kier molecular flexibility index (Phi) is 5.06. The summed E-state index contributed by atoms with van der Waals surface area (Å²) in [4.78, 5) is 42.1. The van der Waals surface area contributed by atoms with Crippen LogP contribution in [0.15, 0.2) is 0 Å². The Morgan fingerprint density at radius 2 is 1.06 bits per heavy atom. The zero-order chi connectivity index (χ0) is 13.6. The SMILES string of the molecule is O=C([O-])C[N+](CC(=O)O)(CC(=O)O)CC(=O)O. The van der Waals surface area contributed by atoms with Crippen molar-refractivity contribution in [3.05, 3.63) is 0 Å². The number of carbonyl (C=O) groups excluding carboxylic acids is 1. The fraction of sp³-hybridized carbons (Fsp3) is 0.500. The molecule has 9 heteroatoms. The highest BCUT2D eigenvalue weighted by Gasteiger charge is 2.36. The molecule has 0 spiro atoms. The predicted octanol–water partition coefficient (Wildman–Crippen LogP) is -3.19. The number of carboxylic acid groups (broad SMARTS) is 4. The Morgan fingerprint density at radius 1 is 0.765 bits per heavy atom. The average Bonchev–Trinajstić information content (AvgIpc) is 1.95. The normalized spacial score (nSPS) is 10.8. The van der Waals surface area contributed by atoms with Crippen LogP contribution in [0.1, 0.15) is 0 Å². The van der Waals surface area contributed by atoms with E-state index in [-0.39, 0.29) is 0 Å². The molecule has 0 fully saturated rings. The monoisotopic (exact) mass is 249 g/mol. The van der Waals surface area contributed by atoms with E-state index in [2.05, 4.69) is 0 Å². The highest BCUT2D eigenvalue weighted by atomic mass is 16.4. The molecule has 0 aliphatic rings. The first kappa shape index (κ1) is 14.8. The van der Waals surface area contributed by atoms with Crippen LogP contribution in [0.3, 0.4) is 0 Å². The van der Waals surface area contributed by atoms with Crippen LogP contribution in [-0.2, 0) is 19.2 Å². The van der Waals surface area contributed by atoms with Crippen molar-refractivity contribution in [2.24, 2.45) is 0 Å². The molecular weight excluding hydrogens is 238 g/mol. The summed E-state index contributed by atoms with van der Waals surface area (Å²) in [5.74, 6) is -6.19. The van der Waals surface area contributed by atoms with Gasteiger partial charge in [-0.2, -0.15) is 0 Å². The molecule has 0 aliphatic heterocycles. The van der Waals surface area contributed by atoms with Gasteiger partial charge in [0.25, 0.3) is 0 Å². The van der Waals surface area contributed by atoms with Crippen molar-refractivity contribution in [2.45, 2.75) is 0 Å². The molecule has 0 amide bonds. The number of aliphatic carboxylic acids is 4. The Hall–Kier alpha value is -2.16. The summed E-state index contributed by atoms with van der Waals surface area (Å²) in [5, 5.41) is 36.2. The summed E-state index contributed by atoms with van der Waals surface area (Å²) in [6, 6.07) is 0. The molecule has 0 radical (unpaired) electrons. The van der Waals surface area contributed by atoms with Crippen LogP contribution in [0.2, 0.25) is 0 Å². The van der Waals surface area contributed by atoms with Crippen LogP contribution < -0.4 is 5.11 Å². The van der Waals surface area contributed by atoms with Gasteiger partial charge in [0.15, 0.2) is 19.6 Å². The maximum atomic E-state index is 10.5. The lowest BCUT2D eigenvalue weighted by Gasteiger charge is -2.34. The first-order valence-corrected chi connectivity index (χ1v) is 4.37. The van der Waals surface area contributed by atoms with Gasteiger partial charge in [-0.15, -0.1) is 0 Å². The molecule has 0 saturated heterocycles. The lowest BCUT2D eigenvalue weighted by atomic mass is 10.3. The van der Waals surface area contributed by atoms with Gasteiger partial charge in [-0.05, 0) is 0 Å². The van der Waals surface area contributed by atoms with Crippen molar-refractivity contribution in [3.8, 4) is 0 Å². The molecule has 0 aromatic rings. The molecule has 9 nitrogen and oxygen atoms in total. The Bertz CT molecular complexity index is 280. The molecule has 0 aromatic heterocycles. The molecule has 0 atom stereocenters. The summed E-state index contributed by atoms with van der Waals surface area (Å²) in [7, 11) is 0. The molecular formula is C8H11NO8. The van der Waals surface area contributed by atoms with Crippen LogP contribution in [0, 0.1) is 0 Å². The van der Waals surface area contributed by atoms with Crippen molar-refractivity contribution in [3.63, 3.8) is 0 Å². The largest absolute Gasteiger partial charge is 0.544 e. The van der Waals surface area contributed by atoms with E-state index in [1.165, 1.54) is 0 Å². The van der Waals surface area contributed by atoms with Crippen molar-refractivity contribution in [2.75, 3.05) is 26.2 Å². The van der Waals surface area contributed by atoms with E-state index in [4.69, 9.17) is 15.3 Å². The zero-order valence-electron chi connectivity index (χ0n) is 8.66. The third kappa shape index (κ3) is 6.10. The molecule has 0 bridgehead atoms. The fourth-order valence-electron chi connectivity index (χ4n) is 1.47. The smallest absolute Gasteiger partial charge is 0.359 e. The third-order valence-electron chi connectivity index (χ3n) is 1.88. The number of hydrogen-bond donors (Lipinski definition) is 3. The first-order valence-electron chi connectivity index (χ1n) is 4.37. The number of hydrogen-bond acceptors (Lipinski definition) is 5. The molecule has 0 unspecified atom stereocenters. The summed E-state index contributed by atoms with van der Waals surface area (Å²) in [5.41, 5.74) is 0. The van der Waals surface area contributed by atoms with Gasteiger partial charge in [0, 0.05) is 0 Å². The lowest BCUT2D eigenvalue weighted by molar-refractivity contribution is -0.902. The summed E-state index contributed by atoms with van der Waals surface area (Å²) in [6.45, 7) is -3.77. The maximum absolute atomic E-state index is 10.5. The van der Waals surface area contributed by atoms with Crippen molar-refractivity contribution < 1.29 is 44.1 Å². The summed E-state index contributed by atoms with van der Waals surface area (Å²) >= 11 is 0. The molecule has 96 valence electrons. The molecule has 0 heterocycles. The number of quaternary nitrogens is 1. The highest BCUT2D eigenvalue weighted by Crippen LogP contribution is 2.06. The number of carboxylic acids is 4. The van der Waals surface area contributed by atoms with Crippen molar-refractivity contribution in [1.82, 2.24) is 0 Å². The van der Waals surface area contributed by atoms with Crippen LogP contribution in [0.5, 0.6) is 0 Å². The quantitative estimate of drug-likeness (QED) is 0.380. The molecule has 17 heavy (non-hydrogen) atoms. The highest BCUT2D eigenvalue weighted by molar-refractivity contribution is 5.74. The number of nitrogens with zero attached hydrogens (tertiary/aromatic N) is 1. The van der Waals surface area contributed by atoms with E-state index in [0.717, 1.165) is 0 Å². The van der Waals surface area contributed by atoms with Gasteiger partial charge in [0.1, 0.15) is 6.54 Å².